The molecule has 0 radical (unpaired) electrons. The van der Waals surface area contributed by atoms with Crippen LogP contribution >= 0.6 is 0 Å². The van der Waals surface area contributed by atoms with Crippen LogP contribution in [0.25, 0.3) is 0 Å². The Balaban J connectivity index is 0.000000606. The Morgan fingerprint density at radius 1 is 1.25 bits per heavy atom. The molecule has 1 fully saturated rings. The average Bonchev–Trinajstić information content (AvgIpc) is 2.36. The molecule has 1 aromatic rings. The van der Waals surface area contributed by atoms with Crippen LogP contribution in [-0.2, 0) is 11.3 Å². The number of aryl methyl sites for hydroxylation is 1. The lowest BCUT2D eigenvalue weighted by atomic mass is 10.2. The van der Waals surface area contributed by atoms with Crippen molar-refractivity contribution in [2.24, 2.45) is 0 Å². The SMILES string of the molecule is CC.Cc1ccc(CN2CCOCC2)cn1. The van der Waals surface area contributed by atoms with E-state index in [0.29, 0.717) is 0 Å². The van der Waals surface area contributed by atoms with Gasteiger partial charge in [-0.3, -0.25) is 9.88 Å². The van der Waals surface area contributed by atoms with Gasteiger partial charge >= 0.3 is 0 Å². The number of ether oxygens (including phenoxy) is 1. The quantitative estimate of drug-likeness (QED) is 0.767. The van der Waals surface area contributed by atoms with Crippen molar-refractivity contribution >= 4 is 0 Å². The highest BCUT2D eigenvalue weighted by Gasteiger charge is 2.10. The molecule has 1 aliphatic heterocycles. The molecule has 1 aromatic heterocycles. The van der Waals surface area contributed by atoms with Crippen molar-refractivity contribution in [2.75, 3.05) is 26.3 Å². The maximum atomic E-state index is 5.30. The van der Waals surface area contributed by atoms with Crippen LogP contribution in [0, 0.1) is 6.92 Å². The fourth-order valence-corrected chi connectivity index (χ4v) is 1.61. The van der Waals surface area contributed by atoms with E-state index in [1.807, 2.05) is 27.0 Å². The molecular weight excluding hydrogens is 200 g/mol. The molecule has 3 heteroatoms. The van der Waals surface area contributed by atoms with Crippen LogP contribution in [-0.4, -0.2) is 36.2 Å². The minimum atomic E-state index is 0.860. The molecule has 0 aromatic carbocycles. The summed E-state index contributed by atoms with van der Waals surface area (Å²) in [5.41, 5.74) is 2.37. The zero-order valence-corrected chi connectivity index (χ0v) is 10.6. The molecule has 2 rings (SSSR count). The highest BCUT2D eigenvalue weighted by molar-refractivity contribution is 5.12. The highest BCUT2D eigenvalue weighted by atomic mass is 16.5. The molecule has 0 spiro atoms. The Morgan fingerprint density at radius 3 is 2.50 bits per heavy atom. The van der Waals surface area contributed by atoms with Crippen molar-refractivity contribution in [1.29, 1.82) is 0 Å². The Morgan fingerprint density at radius 2 is 1.94 bits per heavy atom. The monoisotopic (exact) mass is 222 g/mol. The van der Waals surface area contributed by atoms with E-state index in [4.69, 9.17) is 4.74 Å². The lowest BCUT2D eigenvalue weighted by Gasteiger charge is -2.26. The molecule has 0 aliphatic carbocycles. The van der Waals surface area contributed by atoms with Crippen molar-refractivity contribution in [3.63, 3.8) is 0 Å². The lowest BCUT2D eigenvalue weighted by molar-refractivity contribution is 0.0341. The van der Waals surface area contributed by atoms with Crippen LogP contribution in [0.1, 0.15) is 25.1 Å². The predicted molar refractivity (Wildman–Crippen MR) is 66.4 cm³/mol. The molecule has 16 heavy (non-hydrogen) atoms. The first kappa shape index (κ1) is 13.1. The number of aromatic nitrogens is 1. The average molecular weight is 222 g/mol. The van der Waals surface area contributed by atoms with Crippen molar-refractivity contribution in [2.45, 2.75) is 27.3 Å². The third-order valence-electron chi connectivity index (χ3n) is 2.48. The topological polar surface area (TPSA) is 25.4 Å². The van der Waals surface area contributed by atoms with Gasteiger partial charge in [0.15, 0.2) is 0 Å². The van der Waals surface area contributed by atoms with Crippen molar-refractivity contribution < 1.29 is 4.74 Å². The molecule has 0 N–H and O–H groups in total. The van der Waals surface area contributed by atoms with Gasteiger partial charge in [0.25, 0.3) is 0 Å². The first-order valence-corrected chi connectivity index (χ1v) is 6.06. The van der Waals surface area contributed by atoms with Gasteiger partial charge in [-0.15, -0.1) is 0 Å². The van der Waals surface area contributed by atoms with Gasteiger partial charge in [-0.1, -0.05) is 19.9 Å². The van der Waals surface area contributed by atoms with E-state index < -0.39 is 0 Å². The number of nitrogens with zero attached hydrogens (tertiary/aromatic N) is 2. The smallest absolute Gasteiger partial charge is 0.0594 e. The summed E-state index contributed by atoms with van der Waals surface area (Å²) in [6.07, 6.45) is 1.96. The fraction of sp³-hybridized carbons (Fsp3) is 0.615. The van der Waals surface area contributed by atoms with Gasteiger partial charge in [0, 0.05) is 31.5 Å². The molecule has 1 aliphatic rings. The van der Waals surface area contributed by atoms with Gasteiger partial charge in [-0.25, -0.2) is 0 Å². The standard InChI is InChI=1S/C11H16N2O.C2H6/c1-10-2-3-11(8-12-10)9-13-4-6-14-7-5-13;1-2/h2-3,8H,4-7,9H2,1H3;1-2H3. The van der Waals surface area contributed by atoms with Gasteiger partial charge in [0.05, 0.1) is 13.2 Å². The van der Waals surface area contributed by atoms with Crippen LogP contribution in [0.2, 0.25) is 0 Å². The third kappa shape index (κ3) is 4.29. The Labute approximate surface area is 98.4 Å². The number of rotatable bonds is 2. The Kier molecular flexibility index (Phi) is 6.04. The fourth-order valence-electron chi connectivity index (χ4n) is 1.61. The van der Waals surface area contributed by atoms with E-state index in [1.54, 1.807) is 0 Å². The van der Waals surface area contributed by atoms with E-state index >= 15 is 0 Å². The number of pyridine rings is 1. The van der Waals surface area contributed by atoms with Gasteiger partial charge in [-0.2, -0.15) is 0 Å². The second kappa shape index (κ2) is 7.36. The summed E-state index contributed by atoms with van der Waals surface area (Å²) in [6, 6.07) is 4.22. The highest BCUT2D eigenvalue weighted by Crippen LogP contribution is 2.06. The maximum absolute atomic E-state index is 5.30. The van der Waals surface area contributed by atoms with E-state index in [-0.39, 0.29) is 0 Å². The first-order valence-electron chi connectivity index (χ1n) is 6.06. The summed E-state index contributed by atoms with van der Waals surface area (Å²) in [4.78, 5) is 6.69. The molecule has 0 bridgehead atoms. The number of morpholine rings is 1. The molecule has 1 saturated heterocycles. The van der Waals surface area contributed by atoms with Crippen molar-refractivity contribution in [3.8, 4) is 0 Å². The van der Waals surface area contributed by atoms with E-state index in [1.165, 1.54) is 5.56 Å². The molecule has 3 nitrogen and oxygen atoms in total. The van der Waals surface area contributed by atoms with E-state index in [9.17, 15) is 0 Å². The summed E-state index contributed by atoms with van der Waals surface area (Å²) < 4.78 is 5.30. The van der Waals surface area contributed by atoms with Crippen molar-refractivity contribution in [3.05, 3.63) is 29.6 Å². The van der Waals surface area contributed by atoms with E-state index in [0.717, 1.165) is 38.5 Å². The van der Waals surface area contributed by atoms with Crippen LogP contribution in [0.4, 0.5) is 0 Å². The van der Waals surface area contributed by atoms with E-state index in [2.05, 4.69) is 22.0 Å². The molecule has 90 valence electrons. The summed E-state index contributed by atoms with van der Waals surface area (Å²) in [5, 5.41) is 0. The number of hydrogen-bond acceptors (Lipinski definition) is 3. The Hall–Kier alpha value is -0.930. The van der Waals surface area contributed by atoms with Gasteiger partial charge in [0.2, 0.25) is 0 Å². The van der Waals surface area contributed by atoms with Crippen molar-refractivity contribution in [1.82, 2.24) is 9.88 Å². The summed E-state index contributed by atoms with van der Waals surface area (Å²) in [5.74, 6) is 0. The second-order valence-corrected chi connectivity index (χ2v) is 3.70. The molecule has 0 saturated carbocycles. The van der Waals surface area contributed by atoms with Crippen LogP contribution in [0.15, 0.2) is 18.3 Å². The minimum absolute atomic E-state index is 0.860. The largest absolute Gasteiger partial charge is 0.379 e. The maximum Gasteiger partial charge on any atom is 0.0594 e. The molecular formula is C13H22N2O. The molecule has 0 amide bonds. The lowest BCUT2D eigenvalue weighted by Crippen LogP contribution is -2.35. The molecule has 0 atom stereocenters. The number of hydrogen-bond donors (Lipinski definition) is 0. The Bertz CT molecular complexity index is 278. The second-order valence-electron chi connectivity index (χ2n) is 3.70. The zero-order chi connectivity index (χ0) is 11.8. The summed E-state index contributed by atoms with van der Waals surface area (Å²) in [6.45, 7) is 10.8. The third-order valence-corrected chi connectivity index (χ3v) is 2.48. The minimum Gasteiger partial charge on any atom is -0.379 e. The first-order chi connectivity index (χ1) is 7.84. The van der Waals surface area contributed by atoms with Crippen LogP contribution in [0.5, 0.6) is 0 Å². The van der Waals surface area contributed by atoms with Crippen LogP contribution < -0.4 is 0 Å². The molecule has 2 heterocycles. The normalized spacial score (nSPS) is 16.4. The van der Waals surface area contributed by atoms with Crippen LogP contribution in [0.3, 0.4) is 0 Å². The van der Waals surface area contributed by atoms with Gasteiger partial charge < -0.3 is 4.74 Å². The molecule has 0 unspecified atom stereocenters. The zero-order valence-electron chi connectivity index (χ0n) is 10.6. The van der Waals surface area contributed by atoms with Gasteiger partial charge in [0.1, 0.15) is 0 Å². The summed E-state index contributed by atoms with van der Waals surface area (Å²) >= 11 is 0. The summed E-state index contributed by atoms with van der Waals surface area (Å²) in [7, 11) is 0. The van der Waals surface area contributed by atoms with Gasteiger partial charge in [-0.05, 0) is 18.6 Å². The predicted octanol–water partition coefficient (Wildman–Crippen LogP) is 2.25.